The van der Waals surface area contributed by atoms with Gasteiger partial charge in [-0.25, -0.2) is 22.9 Å². The van der Waals surface area contributed by atoms with Gasteiger partial charge < -0.3 is 9.47 Å². The Morgan fingerprint density at radius 1 is 1.40 bits per heavy atom. The molecule has 0 aliphatic carbocycles. The lowest BCUT2D eigenvalue weighted by Crippen LogP contribution is -2.20. The molecule has 0 aliphatic rings. The average Bonchev–Trinajstić information content (AvgIpc) is 2.29. The van der Waals surface area contributed by atoms with E-state index in [0.717, 1.165) is 0 Å². The lowest BCUT2D eigenvalue weighted by molar-refractivity contribution is -0.277. The standard InChI is InChI=1S/C10H7F6NO3/c1-2-19-9(18)4-3-17-8(20-10(14,15)16)6(11)5(4)7(12)13/h3,7H,2H2,1H3. The molecule has 0 bridgehead atoms. The summed E-state index contributed by atoms with van der Waals surface area (Å²) in [4.78, 5) is 14.2. The van der Waals surface area contributed by atoms with Gasteiger partial charge >= 0.3 is 12.3 Å². The highest BCUT2D eigenvalue weighted by Crippen LogP contribution is 2.32. The van der Waals surface area contributed by atoms with Crippen molar-refractivity contribution >= 4 is 5.97 Å². The van der Waals surface area contributed by atoms with Crippen LogP contribution in [0.15, 0.2) is 6.20 Å². The molecule has 1 heterocycles. The Balaban J connectivity index is 3.31. The van der Waals surface area contributed by atoms with E-state index >= 15 is 0 Å². The van der Waals surface area contributed by atoms with Gasteiger partial charge in [0.1, 0.15) is 0 Å². The molecular formula is C10H7F6NO3. The van der Waals surface area contributed by atoms with Gasteiger partial charge in [0.25, 0.3) is 12.3 Å². The molecule has 0 aromatic carbocycles. The van der Waals surface area contributed by atoms with E-state index < -0.39 is 41.6 Å². The molecule has 10 heteroatoms. The van der Waals surface area contributed by atoms with Crippen molar-refractivity contribution < 1.29 is 40.6 Å². The second-order valence-electron chi connectivity index (χ2n) is 3.27. The number of carbonyl (C=O) groups excluding carboxylic acids is 1. The molecule has 112 valence electrons. The van der Waals surface area contributed by atoms with E-state index in [1.54, 1.807) is 0 Å². The van der Waals surface area contributed by atoms with Gasteiger partial charge in [0.15, 0.2) is 5.82 Å². The first-order valence-corrected chi connectivity index (χ1v) is 5.06. The quantitative estimate of drug-likeness (QED) is 0.633. The van der Waals surface area contributed by atoms with Crippen LogP contribution >= 0.6 is 0 Å². The first-order valence-electron chi connectivity index (χ1n) is 5.06. The van der Waals surface area contributed by atoms with Gasteiger partial charge in [-0.1, -0.05) is 0 Å². The summed E-state index contributed by atoms with van der Waals surface area (Å²) in [6, 6.07) is 0. The Morgan fingerprint density at radius 2 is 2.00 bits per heavy atom. The highest BCUT2D eigenvalue weighted by atomic mass is 19.4. The van der Waals surface area contributed by atoms with Crippen LogP contribution in [0.4, 0.5) is 26.3 Å². The van der Waals surface area contributed by atoms with Crippen LogP contribution in [-0.4, -0.2) is 23.9 Å². The van der Waals surface area contributed by atoms with Crippen LogP contribution < -0.4 is 4.74 Å². The van der Waals surface area contributed by atoms with Crippen molar-refractivity contribution in [3.63, 3.8) is 0 Å². The number of halogens is 6. The van der Waals surface area contributed by atoms with Crippen LogP contribution in [0.2, 0.25) is 0 Å². The molecule has 0 aliphatic heterocycles. The van der Waals surface area contributed by atoms with Crippen molar-refractivity contribution in [2.24, 2.45) is 0 Å². The van der Waals surface area contributed by atoms with Crippen LogP contribution in [-0.2, 0) is 4.74 Å². The third-order valence-corrected chi connectivity index (χ3v) is 1.95. The Hall–Kier alpha value is -2.00. The number of hydrogen-bond donors (Lipinski definition) is 0. The molecule has 1 aromatic heterocycles. The maximum absolute atomic E-state index is 13.5. The molecule has 0 spiro atoms. The van der Waals surface area contributed by atoms with Gasteiger partial charge in [0.05, 0.1) is 17.7 Å². The van der Waals surface area contributed by atoms with E-state index in [2.05, 4.69) is 14.5 Å². The van der Waals surface area contributed by atoms with Crippen molar-refractivity contribution in [3.05, 3.63) is 23.1 Å². The monoisotopic (exact) mass is 303 g/mol. The predicted octanol–water partition coefficient (Wildman–Crippen LogP) is 3.23. The maximum Gasteiger partial charge on any atom is 0.574 e. The van der Waals surface area contributed by atoms with Crippen LogP contribution in [0.3, 0.4) is 0 Å². The minimum Gasteiger partial charge on any atom is -0.462 e. The minimum atomic E-state index is -5.31. The number of carbonyl (C=O) groups is 1. The molecular weight excluding hydrogens is 296 g/mol. The molecule has 0 saturated heterocycles. The largest absolute Gasteiger partial charge is 0.574 e. The third-order valence-electron chi connectivity index (χ3n) is 1.95. The highest BCUT2D eigenvalue weighted by Gasteiger charge is 2.36. The van der Waals surface area contributed by atoms with Crippen LogP contribution in [0.5, 0.6) is 5.88 Å². The summed E-state index contributed by atoms with van der Waals surface area (Å²) in [6.45, 7) is 1.18. The number of alkyl halides is 5. The summed E-state index contributed by atoms with van der Waals surface area (Å²) < 4.78 is 82.2. The summed E-state index contributed by atoms with van der Waals surface area (Å²) in [5.74, 6) is -5.09. The molecule has 0 atom stereocenters. The molecule has 1 aromatic rings. The van der Waals surface area contributed by atoms with E-state index in [-0.39, 0.29) is 6.61 Å². The summed E-state index contributed by atoms with van der Waals surface area (Å²) in [6.07, 6.45) is -8.52. The number of ether oxygens (including phenoxy) is 2. The van der Waals surface area contributed by atoms with Gasteiger partial charge in [0.2, 0.25) is 0 Å². The van der Waals surface area contributed by atoms with Gasteiger partial charge in [-0.2, -0.15) is 0 Å². The molecule has 0 fully saturated rings. The van der Waals surface area contributed by atoms with Crippen molar-refractivity contribution in [3.8, 4) is 5.88 Å². The van der Waals surface area contributed by atoms with Gasteiger partial charge in [-0.3, -0.25) is 0 Å². The molecule has 0 radical (unpaired) electrons. The summed E-state index contributed by atoms with van der Waals surface area (Å²) in [7, 11) is 0. The lowest BCUT2D eigenvalue weighted by atomic mass is 10.1. The normalized spacial score (nSPS) is 11.6. The van der Waals surface area contributed by atoms with E-state index in [0.29, 0.717) is 6.20 Å². The molecule has 0 unspecified atom stereocenters. The molecule has 20 heavy (non-hydrogen) atoms. The van der Waals surface area contributed by atoms with E-state index in [1.165, 1.54) is 6.92 Å². The lowest BCUT2D eigenvalue weighted by Gasteiger charge is -2.13. The Morgan fingerprint density at radius 3 is 2.45 bits per heavy atom. The SMILES string of the molecule is CCOC(=O)c1cnc(OC(F)(F)F)c(F)c1C(F)F. The predicted molar refractivity (Wildman–Crippen MR) is 51.8 cm³/mol. The molecule has 0 N–H and O–H groups in total. The first kappa shape index (κ1) is 16.1. The first-order chi connectivity index (χ1) is 9.17. The minimum absolute atomic E-state index is 0.191. The third kappa shape index (κ3) is 3.75. The number of aromatic nitrogens is 1. The summed E-state index contributed by atoms with van der Waals surface area (Å²) in [5.41, 5.74) is -2.52. The molecule has 1 rings (SSSR count). The summed E-state index contributed by atoms with van der Waals surface area (Å²) in [5, 5.41) is 0. The average molecular weight is 303 g/mol. The molecule has 0 amide bonds. The van der Waals surface area contributed by atoms with Crippen LogP contribution in [0, 0.1) is 5.82 Å². The number of pyridine rings is 1. The Labute approximate surface area is 108 Å². The maximum atomic E-state index is 13.5. The number of rotatable bonds is 4. The van der Waals surface area contributed by atoms with Gasteiger partial charge in [0, 0.05) is 6.20 Å². The fraction of sp³-hybridized carbons (Fsp3) is 0.400. The fourth-order valence-corrected chi connectivity index (χ4v) is 1.25. The topological polar surface area (TPSA) is 48.4 Å². The molecule has 4 nitrogen and oxygen atoms in total. The van der Waals surface area contributed by atoms with Crippen molar-refractivity contribution in [2.75, 3.05) is 6.61 Å². The van der Waals surface area contributed by atoms with Gasteiger partial charge in [-0.05, 0) is 6.92 Å². The van der Waals surface area contributed by atoms with E-state index in [9.17, 15) is 31.1 Å². The second-order valence-corrected chi connectivity index (χ2v) is 3.27. The van der Waals surface area contributed by atoms with Crippen molar-refractivity contribution in [1.82, 2.24) is 4.98 Å². The number of hydrogen-bond acceptors (Lipinski definition) is 4. The Kier molecular flexibility index (Phi) is 4.79. The zero-order chi connectivity index (χ0) is 15.5. The highest BCUT2D eigenvalue weighted by molar-refractivity contribution is 5.91. The van der Waals surface area contributed by atoms with Crippen molar-refractivity contribution in [2.45, 2.75) is 19.7 Å². The summed E-state index contributed by atoms with van der Waals surface area (Å²) >= 11 is 0. The van der Waals surface area contributed by atoms with Crippen LogP contribution in [0.1, 0.15) is 29.3 Å². The zero-order valence-electron chi connectivity index (χ0n) is 9.80. The Bertz CT molecular complexity index is 503. The fourth-order valence-electron chi connectivity index (χ4n) is 1.25. The number of nitrogens with zero attached hydrogens (tertiary/aromatic N) is 1. The van der Waals surface area contributed by atoms with Gasteiger partial charge in [-0.15, -0.1) is 13.2 Å². The van der Waals surface area contributed by atoms with E-state index in [1.807, 2.05) is 0 Å². The van der Waals surface area contributed by atoms with Crippen LogP contribution in [0.25, 0.3) is 0 Å². The van der Waals surface area contributed by atoms with Crippen molar-refractivity contribution in [1.29, 1.82) is 0 Å². The van der Waals surface area contributed by atoms with E-state index in [4.69, 9.17) is 0 Å². The molecule has 0 saturated carbocycles. The number of esters is 1. The second kappa shape index (κ2) is 5.97. The smallest absolute Gasteiger partial charge is 0.462 e. The zero-order valence-corrected chi connectivity index (χ0v) is 9.80.